The Morgan fingerprint density at radius 3 is 3.00 bits per heavy atom. The zero-order valence-electron chi connectivity index (χ0n) is 8.82. The summed E-state index contributed by atoms with van der Waals surface area (Å²) in [6.07, 6.45) is 2.10. The summed E-state index contributed by atoms with van der Waals surface area (Å²) in [7, 11) is 1.70. The first kappa shape index (κ1) is 10.5. The highest BCUT2D eigenvalue weighted by Gasteiger charge is 2.04. The van der Waals surface area contributed by atoms with E-state index < -0.39 is 0 Å². The van der Waals surface area contributed by atoms with Crippen molar-refractivity contribution in [1.29, 1.82) is 0 Å². The first-order valence-corrected chi connectivity index (χ1v) is 5.97. The van der Waals surface area contributed by atoms with Crippen molar-refractivity contribution in [2.24, 2.45) is 5.73 Å². The van der Waals surface area contributed by atoms with Crippen molar-refractivity contribution in [2.45, 2.75) is 12.8 Å². The minimum absolute atomic E-state index is 0.751. The number of rotatable bonds is 4. The van der Waals surface area contributed by atoms with Crippen molar-refractivity contribution in [3.8, 4) is 5.75 Å². The number of fused-ring (bicyclic) bond motifs is 1. The lowest BCUT2D eigenvalue weighted by Crippen LogP contribution is -1.99. The van der Waals surface area contributed by atoms with Crippen LogP contribution < -0.4 is 10.5 Å². The van der Waals surface area contributed by atoms with Gasteiger partial charge in [-0.2, -0.15) is 0 Å². The van der Waals surface area contributed by atoms with Crippen LogP contribution in [-0.2, 0) is 6.42 Å². The highest BCUT2D eigenvalue weighted by atomic mass is 32.1. The van der Waals surface area contributed by atoms with E-state index in [0.29, 0.717) is 0 Å². The third-order valence-electron chi connectivity index (χ3n) is 2.51. The number of thiophene rings is 1. The van der Waals surface area contributed by atoms with Crippen LogP contribution in [0.2, 0.25) is 0 Å². The minimum Gasteiger partial charge on any atom is -0.497 e. The van der Waals surface area contributed by atoms with Gasteiger partial charge in [-0.05, 0) is 53.9 Å². The maximum absolute atomic E-state index is 5.52. The molecule has 0 fully saturated rings. The Kier molecular flexibility index (Phi) is 3.23. The molecule has 0 atom stereocenters. The molecule has 0 saturated heterocycles. The van der Waals surface area contributed by atoms with Gasteiger partial charge in [0.1, 0.15) is 5.75 Å². The monoisotopic (exact) mass is 221 g/mol. The summed E-state index contributed by atoms with van der Waals surface area (Å²) >= 11 is 1.79. The molecule has 0 radical (unpaired) electrons. The Morgan fingerprint density at radius 1 is 1.40 bits per heavy atom. The molecule has 0 aliphatic rings. The molecular formula is C12H15NOS. The van der Waals surface area contributed by atoms with Crippen LogP contribution in [0.1, 0.15) is 12.0 Å². The predicted molar refractivity (Wildman–Crippen MR) is 65.8 cm³/mol. The zero-order valence-corrected chi connectivity index (χ0v) is 9.64. The highest BCUT2D eigenvalue weighted by molar-refractivity contribution is 7.17. The smallest absolute Gasteiger partial charge is 0.119 e. The Morgan fingerprint density at radius 2 is 2.27 bits per heavy atom. The fourth-order valence-electron chi connectivity index (χ4n) is 1.67. The molecule has 2 rings (SSSR count). The molecule has 0 saturated carbocycles. The third kappa shape index (κ3) is 2.13. The number of aryl methyl sites for hydroxylation is 1. The van der Waals surface area contributed by atoms with Gasteiger partial charge in [0.05, 0.1) is 7.11 Å². The number of hydrogen-bond donors (Lipinski definition) is 1. The number of methoxy groups -OCH3 is 1. The molecule has 2 aromatic rings. The summed E-state index contributed by atoms with van der Waals surface area (Å²) in [4.78, 5) is 0. The summed E-state index contributed by atoms with van der Waals surface area (Å²) in [5, 5.41) is 3.53. The van der Waals surface area contributed by atoms with Gasteiger partial charge in [0.2, 0.25) is 0 Å². The van der Waals surface area contributed by atoms with Crippen LogP contribution in [-0.4, -0.2) is 13.7 Å². The van der Waals surface area contributed by atoms with Gasteiger partial charge in [0.25, 0.3) is 0 Å². The van der Waals surface area contributed by atoms with Gasteiger partial charge >= 0.3 is 0 Å². The lowest BCUT2D eigenvalue weighted by Gasteiger charge is -2.01. The van der Waals surface area contributed by atoms with Gasteiger partial charge < -0.3 is 10.5 Å². The first-order chi connectivity index (χ1) is 7.35. The Bertz CT molecular complexity index is 450. The van der Waals surface area contributed by atoms with Crippen LogP contribution in [0.3, 0.4) is 0 Å². The van der Waals surface area contributed by atoms with Gasteiger partial charge in [-0.3, -0.25) is 0 Å². The molecule has 0 bridgehead atoms. The van der Waals surface area contributed by atoms with Crippen molar-refractivity contribution in [2.75, 3.05) is 13.7 Å². The molecule has 15 heavy (non-hydrogen) atoms. The molecule has 0 spiro atoms. The normalized spacial score (nSPS) is 10.8. The van der Waals surface area contributed by atoms with Crippen LogP contribution in [0.5, 0.6) is 5.75 Å². The van der Waals surface area contributed by atoms with Crippen molar-refractivity contribution < 1.29 is 4.74 Å². The van der Waals surface area contributed by atoms with E-state index in [1.807, 2.05) is 6.07 Å². The number of ether oxygens (including phenoxy) is 1. The summed E-state index contributed by atoms with van der Waals surface area (Å²) in [5.41, 5.74) is 6.91. The van der Waals surface area contributed by atoms with Crippen molar-refractivity contribution in [3.05, 3.63) is 29.1 Å². The number of benzene rings is 1. The molecule has 1 aromatic carbocycles. The molecule has 80 valence electrons. The summed E-state index contributed by atoms with van der Waals surface area (Å²) in [6.45, 7) is 0.751. The molecule has 1 heterocycles. The minimum atomic E-state index is 0.751. The topological polar surface area (TPSA) is 35.2 Å². The van der Waals surface area contributed by atoms with E-state index >= 15 is 0 Å². The summed E-state index contributed by atoms with van der Waals surface area (Å²) < 4.78 is 6.55. The Balaban J connectivity index is 2.38. The molecular weight excluding hydrogens is 206 g/mol. The van der Waals surface area contributed by atoms with Gasteiger partial charge in [0, 0.05) is 4.70 Å². The Labute approximate surface area is 93.7 Å². The highest BCUT2D eigenvalue weighted by Crippen LogP contribution is 2.30. The standard InChI is InChI=1S/C12H15NOS/c1-14-10-4-5-12-11(7-10)9(8-15-12)3-2-6-13/h4-5,7-8H,2-3,6,13H2,1H3. The second kappa shape index (κ2) is 4.64. The molecule has 2 nitrogen and oxygen atoms in total. The molecule has 0 unspecified atom stereocenters. The fraction of sp³-hybridized carbons (Fsp3) is 0.333. The van der Waals surface area contributed by atoms with Gasteiger partial charge in [-0.1, -0.05) is 0 Å². The molecule has 2 N–H and O–H groups in total. The third-order valence-corrected chi connectivity index (χ3v) is 3.52. The van der Waals surface area contributed by atoms with E-state index in [4.69, 9.17) is 10.5 Å². The van der Waals surface area contributed by atoms with Crippen LogP contribution >= 0.6 is 11.3 Å². The molecule has 0 aliphatic heterocycles. The summed E-state index contributed by atoms with van der Waals surface area (Å²) in [5.74, 6) is 0.926. The van der Waals surface area contributed by atoms with E-state index in [0.717, 1.165) is 25.1 Å². The second-order valence-electron chi connectivity index (χ2n) is 3.52. The molecule has 1 aromatic heterocycles. The van der Waals surface area contributed by atoms with Crippen LogP contribution in [0.15, 0.2) is 23.6 Å². The largest absolute Gasteiger partial charge is 0.497 e. The quantitative estimate of drug-likeness (QED) is 0.861. The number of nitrogens with two attached hydrogens (primary N) is 1. The average molecular weight is 221 g/mol. The maximum Gasteiger partial charge on any atom is 0.119 e. The van der Waals surface area contributed by atoms with Gasteiger partial charge in [-0.25, -0.2) is 0 Å². The lowest BCUT2D eigenvalue weighted by atomic mass is 10.1. The Hall–Kier alpha value is -1.06. The van der Waals surface area contributed by atoms with E-state index in [1.165, 1.54) is 15.6 Å². The van der Waals surface area contributed by atoms with E-state index in [2.05, 4.69) is 17.5 Å². The van der Waals surface area contributed by atoms with Crippen molar-refractivity contribution >= 4 is 21.4 Å². The predicted octanol–water partition coefficient (Wildman–Crippen LogP) is 2.80. The van der Waals surface area contributed by atoms with E-state index in [-0.39, 0.29) is 0 Å². The van der Waals surface area contributed by atoms with Gasteiger partial charge in [-0.15, -0.1) is 11.3 Å². The van der Waals surface area contributed by atoms with Crippen LogP contribution in [0.25, 0.3) is 10.1 Å². The molecule has 0 aliphatic carbocycles. The van der Waals surface area contributed by atoms with Gasteiger partial charge in [0.15, 0.2) is 0 Å². The SMILES string of the molecule is COc1ccc2scc(CCCN)c2c1. The number of hydrogen-bond acceptors (Lipinski definition) is 3. The molecule has 3 heteroatoms. The molecule has 0 amide bonds. The van der Waals surface area contributed by atoms with Crippen molar-refractivity contribution in [3.63, 3.8) is 0 Å². The van der Waals surface area contributed by atoms with Crippen LogP contribution in [0, 0.1) is 0 Å². The second-order valence-corrected chi connectivity index (χ2v) is 4.43. The van der Waals surface area contributed by atoms with E-state index in [9.17, 15) is 0 Å². The zero-order chi connectivity index (χ0) is 10.7. The fourth-order valence-corrected chi connectivity index (χ4v) is 2.65. The van der Waals surface area contributed by atoms with E-state index in [1.54, 1.807) is 18.4 Å². The first-order valence-electron chi connectivity index (χ1n) is 5.09. The maximum atomic E-state index is 5.52. The van der Waals surface area contributed by atoms with Crippen molar-refractivity contribution in [1.82, 2.24) is 0 Å². The average Bonchev–Trinajstić information content (AvgIpc) is 2.68. The van der Waals surface area contributed by atoms with Crippen LogP contribution in [0.4, 0.5) is 0 Å². The summed E-state index contributed by atoms with van der Waals surface area (Å²) in [6, 6.07) is 6.23. The lowest BCUT2D eigenvalue weighted by molar-refractivity contribution is 0.415.